The van der Waals surface area contributed by atoms with Gasteiger partial charge in [-0.15, -0.1) is 11.3 Å². The Bertz CT molecular complexity index is 654. The van der Waals surface area contributed by atoms with Gasteiger partial charge in [-0.25, -0.2) is 4.98 Å². The van der Waals surface area contributed by atoms with Gasteiger partial charge in [-0.1, -0.05) is 15.9 Å². The van der Waals surface area contributed by atoms with Crippen LogP contribution in [0, 0.1) is 6.92 Å². The smallest absolute Gasteiger partial charge is 0.138 e. The number of pyridine rings is 1. The standard InChI is InChI=1S/C12H9BrN2S/c1-8-2-3-11(16-8)10-7-15-5-4-9(13)6-12(15)14-10/h2-7H,1H3. The van der Waals surface area contributed by atoms with Crippen molar-refractivity contribution in [3.05, 3.63) is 46.0 Å². The molecule has 0 N–H and O–H groups in total. The Morgan fingerprint density at radius 2 is 2.19 bits per heavy atom. The van der Waals surface area contributed by atoms with E-state index in [4.69, 9.17) is 0 Å². The summed E-state index contributed by atoms with van der Waals surface area (Å²) >= 11 is 5.22. The molecule has 2 nitrogen and oxygen atoms in total. The van der Waals surface area contributed by atoms with E-state index in [0.29, 0.717) is 0 Å². The van der Waals surface area contributed by atoms with E-state index >= 15 is 0 Å². The summed E-state index contributed by atoms with van der Waals surface area (Å²) in [7, 11) is 0. The Morgan fingerprint density at radius 1 is 1.31 bits per heavy atom. The highest BCUT2D eigenvalue weighted by Crippen LogP contribution is 2.27. The molecular weight excluding hydrogens is 284 g/mol. The minimum atomic E-state index is 0.968. The van der Waals surface area contributed by atoms with Crippen molar-refractivity contribution in [3.8, 4) is 10.6 Å². The summed E-state index contributed by atoms with van der Waals surface area (Å²) in [5.41, 5.74) is 2.01. The first-order valence-corrected chi connectivity index (χ1v) is 6.54. The molecule has 0 spiro atoms. The zero-order chi connectivity index (χ0) is 11.1. The number of halogens is 1. The van der Waals surface area contributed by atoms with E-state index in [1.165, 1.54) is 9.75 Å². The summed E-state index contributed by atoms with van der Waals surface area (Å²) < 4.78 is 3.09. The van der Waals surface area contributed by atoms with Crippen molar-refractivity contribution in [2.75, 3.05) is 0 Å². The average Bonchev–Trinajstić information content (AvgIpc) is 2.83. The highest BCUT2D eigenvalue weighted by Gasteiger charge is 2.06. The lowest BCUT2D eigenvalue weighted by molar-refractivity contribution is 1.18. The van der Waals surface area contributed by atoms with E-state index in [9.17, 15) is 0 Å². The Balaban J connectivity index is 2.18. The Labute approximate surface area is 106 Å². The number of thiophene rings is 1. The largest absolute Gasteiger partial charge is 0.306 e. The summed E-state index contributed by atoms with van der Waals surface area (Å²) in [5, 5.41) is 0. The highest BCUT2D eigenvalue weighted by molar-refractivity contribution is 9.10. The molecule has 0 aromatic carbocycles. The van der Waals surface area contributed by atoms with Crippen LogP contribution in [0.4, 0.5) is 0 Å². The third-order valence-corrected chi connectivity index (χ3v) is 3.93. The summed E-state index contributed by atoms with van der Waals surface area (Å²) in [6.45, 7) is 2.11. The molecule has 0 bridgehead atoms. The number of nitrogens with zero attached hydrogens (tertiary/aromatic N) is 2. The maximum Gasteiger partial charge on any atom is 0.138 e. The number of fused-ring (bicyclic) bond motifs is 1. The van der Waals surface area contributed by atoms with Gasteiger partial charge < -0.3 is 4.40 Å². The number of hydrogen-bond acceptors (Lipinski definition) is 2. The van der Waals surface area contributed by atoms with Gasteiger partial charge in [-0.3, -0.25) is 0 Å². The molecule has 0 unspecified atom stereocenters. The molecule has 0 aliphatic carbocycles. The van der Waals surface area contributed by atoms with E-state index < -0.39 is 0 Å². The van der Waals surface area contributed by atoms with Gasteiger partial charge in [-0.2, -0.15) is 0 Å². The van der Waals surface area contributed by atoms with Crippen LogP contribution in [0.3, 0.4) is 0 Å². The molecule has 3 aromatic rings. The van der Waals surface area contributed by atoms with Gasteiger partial charge in [0, 0.05) is 21.7 Å². The second kappa shape index (κ2) is 3.71. The molecule has 0 fully saturated rings. The quantitative estimate of drug-likeness (QED) is 0.659. The zero-order valence-corrected chi connectivity index (χ0v) is 11.0. The molecule has 0 saturated heterocycles. The highest BCUT2D eigenvalue weighted by atomic mass is 79.9. The Hall–Kier alpha value is -1.13. The van der Waals surface area contributed by atoms with Crippen LogP contribution in [0.15, 0.2) is 41.1 Å². The van der Waals surface area contributed by atoms with Gasteiger partial charge in [0.2, 0.25) is 0 Å². The van der Waals surface area contributed by atoms with E-state index in [-0.39, 0.29) is 0 Å². The van der Waals surface area contributed by atoms with Gasteiger partial charge >= 0.3 is 0 Å². The molecule has 0 aliphatic heterocycles. The third kappa shape index (κ3) is 1.68. The Morgan fingerprint density at radius 3 is 2.94 bits per heavy atom. The molecule has 3 aromatic heterocycles. The summed E-state index contributed by atoms with van der Waals surface area (Å²) in [5.74, 6) is 0. The molecular formula is C12H9BrN2S. The molecule has 0 atom stereocenters. The van der Waals surface area contributed by atoms with Crippen molar-refractivity contribution < 1.29 is 0 Å². The maximum absolute atomic E-state index is 4.60. The number of rotatable bonds is 1. The molecule has 4 heteroatoms. The van der Waals surface area contributed by atoms with Crippen LogP contribution in [0.1, 0.15) is 4.88 Å². The minimum Gasteiger partial charge on any atom is -0.306 e. The van der Waals surface area contributed by atoms with Crippen LogP contribution >= 0.6 is 27.3 Å². The number of aromatic nitrogens is 2. The average molecular weight is 293 g/mol. The number of hydrogen-bond donors (Lipinski definition) is 0. The molecule has 0 saturated carbocycles. The molecule has 0 aliphatic rings. The lowest BCUT2D eigenvalue weighted by Gasteiger charge is -1.91. The number of aryl methyl sites for hydroxylation is 1. The lowest BCUT2D eigenvalue weighted by atomic mass is 10.4. The summed E-state index contributed by atoms with van der Waals surface area (Å²) in [4.78, 5) is 7.13. The molecule has 3 rings (SSSR count). The fourth-order valence-electron chi connectivity index (χ4n) is 1.65. The SMILES string of the molecule is Cc1ccc(-c2cn3ccc(Br)cc3n2)s1. The van der Waals surface area contributed by atoms with Crippen LogP contribution in [0.2, 0.25) is 0 Å². The molecule has 0 radical (unpaired) electrons. The normalized spacial score (nSPS) is 11.1. The molecule has 80 valence electrons. The van der Waals surface area contributed by atoms with Crippen molar-refractivity contribution >= 4 is 32.9 Å². The topological polar surface area (TPSA) is 17.3 Å². The first-order chi connectivity index (χ1) is 7.72. The minimum absolute atomic E-state index is 0.968. The summed E-state index contributed by atoms with van der Waals surface area (Å²) in [6.07, 6.45) is 4.07. The van der Waals surface area contributed by atoms with Gasteiger partial charge in [-0.05, 0) is 31.2 Å². The summed E-state index contributed by atoms with van der Waals surface area (Å²) in [6, 6.07) is 8.28. The maximum atomic E-state index is 4.60. The van der Waals surface area contributed by atoms with E-state index in [1.807, 2.05) is 22.7 Å². The first-order valence-electron chi connectivity index (χ1n) is 4.93. The van der Waals surface area contributed by atoms with Crippen molar-refractivity contribution in [1.29, 1.82) is 0 Å². The zero-order valence-electron chi connectivity index (χ0n) is 8.64. The lowest BCUT2D eigenvalue weighted by Crippen LogP contribution is -1.79. The van der Waals surface area contributed by atoms with E-state index in [0.717, 1.165) is 15.8 Å². The van der Waals surface area contributed by atoms with Crippen molar-refractivity contribution in [1.82, 2.24) is 9.38 Å². The van der Waals surface area contributed by atoms with Gasteiger partial charge in [0.25, 0.3) is 0 Å². The second-order valence-electron chi connectivity index (χ2n) is 3.65. The van der Waals surface area contributed by atoms with Crippen molar-refractivity contribution in [2.24, 2.45) is 0 Å². The van der Waals surface area contributed by atoms with E-state index in [1.54, 1.807) is 11.3 Å². The van der Waals surface area contributed by atoms with Gasteiger partial charge in [0.15, 0.2) is 0 Å². The van der Waals surface area contributed by atoms with Crippen LogP contribution in [0.5, 0.6) is 0 Å². The molecule has 0 amide bonds. The predicted molar refractivity (Wildman–Crippen MR) is 70.9 cm³/mol. The third-order valence-electron chi connectivity index (χ3n) is 2.42. The monoisotopic (exact) mass is 292 g/mol. The van der Waals surface area contributed by atoms with Gasteiger partial charge in [0.1, 0.15) is 5.65 Å². The second-order valence-corrected chi connectivity index (χ2v) is 5.85. The van der Waals surface area contributed by atoms with Crippen LogP contribution in [0.25, 0.3) is 16.2 Å². The van der Waals surface area contributed by atoms with Crippen molar-refractivity contribution in [2.45, 2.75) is 6.92 Å². The first kappa shape index (κ1) is 10.1. The fourth-order valence-corrected chi connectivity index (χ4v) is 2.79. The fraction of sp³-hybridized carbons (Fsp3) is 0.0833. The van der Waals surface area contributed by atoms with Crippen molar-refractivity contribution in [3.63, 3.8) is 0 Å². The van der Waals surface area contributed by atoms with Gasteiger partial charge in [0.05, 0.1) is 10.6 Å². The molecule has 3 heterocycles. The predicted octanol–water partition coefficient (Wildman–Crippen LogP) is 4.13. The molecule has 16 heavy (non-hydrogen) atoms. The van der Waals surface area contributed by atoms with Crippen LogP contribution in [-0.2, 0) is 0 Å². The Kier molecular flexibility index (Phi) is 2.33. The number of imidazole rings is 1. The van der Waals surface area contributed by atoms with Crippen LogP contribution < -0.4 is 0 Å². The van der Waals surface area contributed by atoms with E-state index in [2.05, 4.69) is 46.2 Å². The van der Waals surface area contributed by atoms with Crippen LogP contribution in [-0.4, -0.2) is 9.38 Å².